The van der Waals surface area contributed by atoms with E-state index in [0.29, 0.717) is 11.3 Å². The van der Waals surface area contributed by atoms with Crippen molar-refractivity contribution in [2.75, 3.05) is 6.54 Å². The summed E-state index contributed by atoms with van der Waals surface area (Å²) in [6.45, 7) is -1.02. The average Bonchev–Trinajstić information content (AvgIpc) is 2.58. The monoisotopic (exact) mass is 349 g/mol. The Labute approximate surface area is 108 Å². The van der Waals surface area contributed by atoms with Gasteiger partial charge >= 0.3 is 5.97 Å². The summed E-state index contributed by atoms with van der Waals surface area (Å²) in [5.74, 6) is -1.29. The third-order valence-electron chi connectivity index (χ3n) is 1.58. The minimum Gasteiger partial charge on any atom is -0.477 e. The van der Waals surface area contributed by atoms with Crippen LogP contribution < -0.4 is 4.72 Å². The van der Waals surface area contributed by atoms with Gasteiger partial charge in [0.05, 0.1) is 10.3 Å². The van der Waals surface area contributed by atoms with Crippen LogP contribution in [0, 0.1) is 0 Å². The minimum absolute atomic E-state index is 0.0525. The van der Waals surface area contributed by atoms with Crippen LogP contribution in [0.4, 0.5) is 8.78 Å². The summed E-state index contributed by atoms with van der Waals surface area (Å²) in [6.07, 6.45) is -2.82. The topological polar surface area (TPSA) is 83.5 Å². The molecular formula is C7H6BrF2NO4S2. The molecule has 10 heteroatoms. The predicted octanol–water partition coefficient (Wildman–Crippen LogP) is 1.75. The van der Waals surface area contributed by atoms with E-state index in [-0.39, 0.29) is 13.6 Å². The van der Waals surface area contributed by atoms with Gasteiger partial charge in [-0.15, -0.1) is 11.3 Å². The first-order valence-corrected chi connectivity index (χ1v) is 7.13. The maximum atomic E-state index is 11.9. The molecule has 0 unspecified atom stereocenters. The van der Waals surface area contributed by atoms with Gasteiger partial charge in [-0.25, -0.2) is 26.7 Å². The van der Waals surface area contributed by atoms with Gasteiger partial charge in [0.15, 0.2) is 0 Å². The zero-order chi connectivity index (χ0) is 13.2. The van der Waals surface area contributed by atoms with Crippen LogP contribution >= 0.6 is 27.3 Å². The maximum absolute atomic E-state index is 11.9. The number of carboxylic acids is 1. The van der Waals surface area contributed by atoms with E-state index in [1.807, 2.05) is 0 Å². The molecule has 0 saturated heterocycles. The summed E-state index contributed by atoms with van der Waals surface area (Å²) in [5, 5.41) is 8.66. The second-order valence-electron chi connectivity index (χ2n) is 2.80. The first kappa shape index (κ1) is 14.5. The summed E-state index contributed by atoms with van der Waals surface area (Å²) in [6, 6.07) is 0.908. The van der Waals surface area contributed by atoms with E-state index >= 15 is 0 Å². The van der Waals surface area contributed by atoms with Crippen LogP contribution in [-0.2, 0) is 10.0 Å². The van der Waals surface area contributed by atoms with E-state index < -0.39 is 29.0 Å². The highest BCUT2D eigenvalue weighted by Crippen LogP contribution is 2.31. The van der Waals surface area contributed by atoms with E-state index in [4.69, 9.17) is 5.11 Å². The van der Waals surface area contributed by atoms with Gasteiger partial charge in [-0.2, -0.15) is 0 Å². The molecular weight excluding hydrogens is 344 g/mol. The van der Waals surface area contributed by atoms with E-state index in [2.05, 4.69) is 15.9 Å². The number of alkyl halides is 2. The van der Waals surface area contributed by atoms with Gasteiger partial charge in [0.25, 0.3) is 6.43 Å². The molecule has 0 saturated carbocycles. The van der Waals surface area contributed by atoms with E-state index in [1.165, 1.54) is 0 Å². The second-order valence-corrected chi connectivity index (χ2v) is 6.90. The first-order chi connectivity index (χ1) is 7.74. The Bertz CT molecular complexity index is 528. The fourth-order valence-electron chi connectivity index (χ4n) is 0.891. The van der Waals surface area contributed by atoms with Crippen LogP contribution in [0.15, 0.2) is 14.7 Å². The molecule has 0 aliphatic heterocycles. The summed E-state index contributed by atoms with van der Waals surface area (Å²) in [4.78, 5) is 10.1. The number of aromatic carboxylic acids is 1. The molecule has 96 valence electrons. The standard InChI is InChI=1S/C7H6BrF2NO4S2/c8-6-4(1-3(16-6)7(12)13)17(14,15)11-2-5(9)10/h1,5,11H,2H2,(H,12,13). The zero-order valence-electron chi connectivity index (χ0n) is 7.98. The van der Waals surface area contributed by atoms with Gasteiger partial charge < -0.3 is 5.11 Å². The van der Waals surface area contributed by atoms with Crippen LogP contribution in [-0.4, -0.2) is 32.5 Å². The summed E-state index contributed by atoms with van der Waals surface area (Å²) in [5.41, 5.74) is 0. The van der Waals surface area contributed by atoms with Crippen molar-refractivity contribution in [3.63, 3.8) is 0 Å². The third kappa shape index (κ3) is 3.69. The van der Waals surface area contributed by atoms with Crippen molar-refractivity contribution < 1.29 is 27.1 Å². The van der Waals surface area contributed by atoms with Crippen LogP contribution in [0.5, 0.6) is 0 Å². The lowest BCUT2D eigenvalue weighted by molar-refractivity contribution is 0.0702. The van der Waals surface area contributed by atoms with Gasteiger partial charge in [0, 0.05) is 0 Å². The van der Waals surface area contributed by atoms with Crippen molar-refractivity contribution in [1.82, 2.24) is 4.72 Å². The van der Waals surface area contributed by atoms with Crippen molar-refractivity contribution in [2.24, 2.45) is 0 Å². The first-order valence-electron chi connectivity index (χ1n) is 4.04. The molecule has 0 aromatic carbocycles. The quantitative estimate of drug-likeness (QED) is 0.848. The van der Waals surface area contributed by atoms with Crippen LogP contribution in [0.2, 0.25) is 0 Å². The molecule has 0 aliphatic carbocycles. The molecule has 0 bridgehead atoms. The van der Waals surface area contributed by atoms with Crippen molar-refractivity contribution in [3.05, 3.63) is 14.7 Å². The average molecular weight is 350 g/mol. The molecule has 0 aliphatic rings. The largest absolute Gasteiger partial charge is 0.477 e. The molecule has 0 atom stereocenters. The fraction of sp³-hybridized carbons (Fsp3) is 0.286. The highest BCUT2D eigenvalue weighted by Gasteiger charge is 2.23. The Morgan fingerprint density at radius 1 is 1.59 bits per heavy atom. The number of sulfonamides is 1. The maximum Gasteiger partial charge on any atom is 0.345 e. The predicted molar refractivity (Wildman–Crippen MR) is 60.2 cm³/mol. The lowest BCUT2D eigenvalue weighted by atomic mass is 10.5. The Morgan fingerprint density at radius 3 is 2.59 bits per heavy atom. The SMILES string of the molecule is O=C(O)c1cc(S(=O)(=O)NCC(F)F)c(Br)s1. The van der Waals surface area contributed by atoms with Gasteiger partial charge in [0.2, 0.25) is 10.0 Å². The third-order valence-corrected chi connectivity index (χ3v) is 5.25. The molecule has 0 fully saturated rings. The number of thiophene rings is 1. The normalized spacial score (nSPS) is 12.0. The molecule has 0 spiro atoms. The number of hydrogen-bond acceptors (Lipinski definition) is 4. The Kier molecular flexibility index (Phi) is 4.58. The lowest BCUT2D eigenvalue weighted by Crippen LogP contribution is -2.28. The lowest BCUT2D eigenvalue weighted by Gasteiger charge is -2.04. The Hall–Kier alpha value is -0.580. The highest BCUT2D eigenvalue weighted by atomic mass is 79.9. The highest BCUT2D eigenvalue weighted by molar-refractivity contribution is 9.11. The number of halogens is 3. The van der Waals surface area contributed by atoms with Crippen molar-refractivity contribution in [1.29, 1.82) is 0 Å². The molecule has 1 aromatic heterocycles. The molecule has 5 nitrogen and oxygen atoms in total. The van der Waals surface area contributed by atoms with Gasteiger partial charge in [0.1, 0.15) is 9.77 Å². The fourth-order valence-corrected chi connectivity index (χ4v) is 4.30. The smallest absolute Gasteiger partial charge is 0.345 e. The van der Waals surface area contributed by atoms with E-state index in [1.54, 1.807) is 4.72 Å². The number of hydrogen-bond donors (Lipinski definition) is 2. The second kappa shape index (κ2) is 5.38. The molecule has 2 N–H and O–H groups in total. The molecule has 0 radical (unpaired) electrons. The van der Waals surface area contributed by atoms with Crippen LogP contribution in [0.25, 0.3) is 0 Å². The molecule has 1 heterocycles. The Morgan fingerprint density at radius 2 is 2.18 bits per heavy atom. The number of carboxylic acid groups (broad SMARTS) is 1. The number of carbonyl (C=O) groups is 1. The number of rotatable bonds is 5. The van der Waals surface area contributed by atoms with Gasteiger partial charge in [-0.3, -0.25) is 0 Å². The molecule has 1 rings (SSSR count). The van der Waals surface area contributed by atoms with E-state index in [0.717, 1.165) is 6.07 Å². The summed E-state index contributed by atoms with van der Waals surface area (Å²) < 4.78 is 48.6. The van der Waals surface area contributed by atoms with Crippen LogP contribution in [0.1, 0.15) is 9.67 Å². The molecule has 1 aromatic rings. The van der Waals surface area contributed by atoms with Crippen molar-refractivity contribution in [2.45, 2.75) is 11.3 Å². The van der Waals surface area contributed by atoms with E-state index in [9.17, 15) is 22.0 Å². The van der Waals surface area contributed by atoms with Crippen molar-refractivity contribution >= 4 is 43.3 Å². The Balaban J connectivity index is 3.03. The minimum atomic E-state index is -4.13. The van der Waals surface area contributed by atoms with Crippen LogP contribution in [0.3, 0.4) is 0 Å². The van der Waals surface area contributed by atoms with Gasteiger partial charge in [-0.1, -0.05) is 0 Å². The van der Waals surface area contributed by atoms with Crippen molar-refractivity contribution in [3.8, 4) is 0 Å². The summed E-state index contributed by atoms with van der Waals surface area (Å²) in [7, 11) is -4.13. The number of nitrogens with one attached hydrogen (secondary N) is 1. The zero-order valence-corrected chi connectivity index (χ0v) is 11.2. The summed E-state index contributed by atoms with van der Waals surface area (Å²) >= 11 is 3.57. The molecule has 17 heavy (non-hydrogen) atoms. The molecule has 0 amide bonds. The van der Waals surface area contributed by atoms with Gasteiger partial charge in [-0.05, 0) is 22.0 Å².